The van der Waals surface area contributed by atoms with Crippen LogP contribution >= 0.6 is 15.9 Å². The van der Waals surface area contributed by atoms with Gasteiger partial charge in [0.05, 0.1) is 16.5 Å². The van der Waals surface area contributed by atoms with Crippen molar-refractivity contribution >= 4 is 26.0 Å². The van der Waals surface area contributed by atoms with Crippen LogP contribution in [0.25, 0.3) is 0 Å². The molecule has 2 unspecified atom stereocenters. The Morgan fingerprint density at radius 1 is 1.26 bits per heavy atom. The summed E-state index contributed by atoms with van der Waals surface area (Å²) < 4.78 is 32.4. The van der Waals surface area contributed by atoms with Crippen molar-refractivity contribution < 1.29 is 13.2 Å². The van der Waals surface area contributed by atoms with E-state index in [1.165, 1.54) is 0 Å². The first-order chi connectivity index (χ1) is 8.86. The quantitative estimate of drug-likeness (QED) is 0.844. The highest BCUT2D eigenvalue weighted by molar-refractivity contribution is 9.10. The highest BCUT2D eigenvalue weighted by Crippen LogP contribution is 2.32. The van der Waals surface area contributed by atoms with Gasteiger partial charge in [0.25, 0.3) is 0 Å². The number of sulfonamides is 1. The van der Waals surface area contributed by atoms with E-state index in [1.54, 1.807) is 29.6 Å². The number of benzene rings is 1. The molecule has 1 aromatic rings. The van der Waals surface area contributed by atoms with Crippen molar-refractivity contribution in [3.63, 3.8) is 0 Å². The van der Waals surface area contributed by atoms with Crippen LogP contribution in [0.1, 0.15) is 13.8 Å². The summed E-state index contributed by atoms with van der Waals surface area (Å²) in [5.41, 5.74) is 0. The Hall–Kier alpha value is -0.590. The third kappa shape index (κ3) is 2.80. The van der Waals surface area contributed by atoms with Crippen LogP contribution < -0.4 is 4.74 Å². The monoisotopic (exact) mass is 347 g/mol. The molecule has 0 aromatic heterocycles. The van der Waals surface area contributed by atoms with Crippen LogP contribution in [0.2, 0.25) is 0 Å². The SMILES string of the molecule is COc1ccc(S(=O)(=O)N2CC(C)C(C)C2)cc1Br. The largest absolute Gasteiger partial charge is 0.496 e. The molecule has 19 heavy (non-hydrogen) atoms. The van der Waals surface area contributed by atoms with Crippen molar-refractivity contribution in [2.75, 3.05) is 20.2 Å². The predicted molar refractivity (Wildman–Crippen MR) is 77.8 cm³/mol. The number of hydrogen-bond acceptors (Lipinski definition) is 3. The van der Waals surface area contributed by atoms with Crippen LogP contribution in [0.4, 0.5) is 0 Å². The number of nitrogens with zero attached hydrogens (tertiary/aromatic N) is 1. The first-order valence-corrected chi connectivity index (χ1v) is 8.43. The molecule has 1 aliphatic heterocycles. The van der Waals surface area contributed by atoms with Crippen molar-refractivity contribution in [3.05, 3.63) is 22.7 Å². The van der Waals surface area contributed by atoms with E-state index in [2.05, 4.69) is 29.8 Å². The van der Waals surface area contributed by atoms with Gasteiger partial charge in [0.15, 0.2) is 0 Å². The number of halogens is 1. The fourth-order valence-corrected chi connectivity index (χ4v) is 4.59. The van der Waals surface area contributed by atoms with Crippen molar-refractivity contribution in [2.24, 2.45) is 11.8 Å². The summed E-state index contributed by atoms with van der Waals surface area (Å²) >= 11 is 3.32. The first-order valence-electron chi connectivity index (χ1n) is 6.20. The fraction of sp³-hybridized carbons (Fsp3) is 0.538. The second kappa shape index (κ2) is 5.42. The first kappa shape index (κ1) is 14.8. The van der Waals surface area contributed by atoms with Crippen LogP contribution in [0, 0.1) is 11.8 Å². The normalized spacial score (nSPS) is 24.6. The molecule has 0 aliphatic carbocycles. The van der Waals surface area contributed by atoms with E-state index in [4.69, 9.17) is 4.74 Å². The Bertz CT molecular complexity index is 563. The molecule has 0 spiro atoms. The lowest BCUT2D eigenvalue weighted by Crippen LogP contribution is -2.29. The number of rotatable bonds is 3. The van der Waals surface area contributed by atoms with E-state index in [9.17, 15) is 8.42 Å². The van der Waals surface area contributed by atoms with Gasteiger partial charge >= 0.3 is 0 Å². The van der Waals surface area contributed by atoms with Gasteiger partial charge in [-0.05, 0) is 46.0 Å². The van der Waals surface area contributed by atoms with Crippen LogP contribution in [0.15, 0.2) is 27.6 Å². The lowest BCUT2D eigenvalue weighted by atomic mass is 10.0. The molecular weight excluding hydrogens is 330 g/mol. The van der Waals surface area contributed by atoms with E-state index in [0.29, 0.717) is 40.0 Å². The lowest BCUT2D eigenvalue weighted by molar-refractivity contribution is 0.411. The van der Waals surface area contributed by atoms with E-state index in [0.717, 1.165) is 0 Å². The second-order valence-electron chi connectivity index (χ2n) is 5.07. The summed E-state index contributed by atoms with van der Waals surface area (Å²) in [7, 11) is -1.85. The molecule has 2 atom stereocenters. The molecule has 0 saturated carbocycles. The van der Waals surface area contributed by atoms with E-state index < -0.39 is 10.0 Å². The third-order valence-corrected chi connectivity index (χ3v) is 6.16. The zero-order chi connectivity index (χ0) is 14.2. The van der Waals surface area contributed by atoms with Crippen LogP contribution in [-0.2, 0) is 10.0 Å². The van der Waals surface area contributed by atoms with Crippen LogP contribution in [0.3, 0.4) is 0 Å². The van der Waals surface area contributed by atoms with Crippen molar-refractivity contribution in [3.8, 4) is 5.75 Å². The molecule has 0 bridgehead atoms. The molecule has 6 heteroatoms. The summed E-state index contributed by atoms with van der Waals surface area (Å²) in [4.78, 5) is 0.307. The number of methoxy groups -OCH3 is 1. The van der Waals surface area contributed by atoms with Crippen LogP contribution in [0.5, 0.6) is 5.75 Å². The third-order valence-electron chi connectivity index (χ3n) is 3.72. The van der Waals surface area contributed by atoms with Gasteiger partial charge in [0, 0.05) is 13.1 Å². The Kier molecular flexibility index (Phi) is 4.23. The van der Waals surface area contributed by atoms with Crippen molar-refractivity contribution in [2.45, 2.75) is 18.7 Å². The van der Waals surface area contributed by atoms with Gasteiger partial charge in [-0.2, -0.15) is 4.31 Å². The van der Waals surface area contributed by atoms with Gasteiger partial charge in [0.1, 0.15) is 5.75 Å². The highest BCUT2D eigenvalue weighted by Gasteiger charge is 2.35. The molecular formula is C13H18BrNO3S. The minimum atomic E-state index is -3.40. The average Bonchev–Trinajstić information content (AvgIpc) is 2.70. The van der Waals surface area contributed by atoms with Gasteiger partial charge in [-0.1, -0.05) is 13.8 Å². The molecule has 1 aliphatic rings. The van der Waals surface area contributed by atoms with Gasteiger partial charge in [-0.15, -0.1) is 0 Å². The molecule has 1 fully saturated rings. The smallest absolute Gasteiger partial charge is 0.243 e. The molecule has 2 rings (SSSR count). The molecule has 0 radical (unpaired) electrons. The Morgan fingerprint density at radius 3 is 2.32 bits per heavy atom. The standard InChI is InChI=1S/C13H18BrNO3S/c1-9-7-15(8-10(9)2)19(16,17)11-4-5-13(18-3)12(14)6-11/h4-6,9-10H,7-8H2,1-3H3. The maximum absolute atomic E-state index is 12.5. The molecule has 1 heterocycles. The summed E-state index contributed by atoms with van der Waals surface area (Å²) in [5.74, 6) is 1.43. The molecule has 1 aromatic carbocycles. The number of hydrogen-bond donors (Lipinski definition) is 0. The van der Waals surface area contributed by atoms with Gasteiger partial charge in [-0.25, -0.2) is 8.42 Å². The lowest BCUT2D eigenvalue weighted by Gasteiger charge is -2.16. The maximum Gasteiger partial charge on any atom is 0.243 e. The molecule has 106 valence electrons. The zero-order valence-corrected chi connectivity index (χ0v) is 13.7. The van der Waals surface area contributed by atoms with E-state index in [-0.39, 0.29) is 0 Å². The zero-order valence-electron chi connectivity index (χ0n) is 11.3. The van der Waals surface area contributed by atoms with Crippen LogP contribution in [-0.4, -0.2) is 32.9 Å². The van der Waals surface area contributed by atoms with Gasteiger partial charge < -0.3 is 4.74 Å². The summed E-state index contributed by atoms with van der Waals surface area (Å²) in [6, 6.07) is 4.86. The van der Waals surface area contributed by atoms with Gasteiger partial charge in [-0.3, -0.25) is 0 Å². The summed E-state index contributed by atoms with van der Waals surface area (Å²) in [6.45, 7) is 5.36. The van der Waals surface area contributed by atoms with E-state index in [1.807, 2.05) is 0 Å². The molecule has 4 nitrogen and oxygen atoms in total. The second-order valence-corrected chi connectivity index (χ2v) is 7.87. The average molecular weight is 348 g/mol. The Balaban J connectivity index is 2.33. The number of ether oxygens (including phenoxy) is 1. The molecule has 1 saturated heterocycles. The highest BCUT2D eigenvalue weighted by atomic mass is 79.9. The Labute approximate surface area is 122 Å². The topological polar surface area (TPSA) is 46.6 Å². The summed E-state index contributed by atoms with van der Waals surface area (Å²) in [5, 5.41) is 0. The summed E-state index contributed by atoms with van der Waals surface area (Å²) in [6.07, 6.45) is 0. The molecule has 0 N–H and O–H groups in total. The predicted octanol–water partition coefficient (Wildman–Crippen LogP) is 2.73. The van der Waals surface area contributed by atoms with E-state index >= 15 is 0 Å². The van der Waals surface area contributed by atoms with Crippen molar-refractivity contribution in [1.82, 2.24) is 4.31 Å². The minimum Gasteiger partial charge on any atom is -0.496 e. The fourth-order valence-electron chi connectivity index (χ4n) is 2.23. The van der Waals surface area contributed by atoms with Crippen molar-refractivity contribution in [1.29, 1.82) is 0 Å². The van der Waals surface area contributed by atoms with Gasteiger partial charge in [0.2, 0.25) is 10.0 Å². The Morgan fingerprint density at radius 2 is 1.84 bits per heavy atom. The maximum atomic E-state index is 12.5. The molecule has 0 amide bonds. The minimum absolute atomic E-state index is 0.307.